The molecular formula is C17H22N2O3. The number of aryl methyl sites for hydroxylation is 3. The molecule has 2 unspecified atom stereocenters. The van der Waals surface area contributed by atoms with Crippen molar-refractivity contribution in [2.45, 2.75) is 26.9 Å². The van der Waals surface area contributed by atoms with Gasteiger partial charge in [-0.05, 0) is 31.9 Å². The van der Waals surface area contributed by atoms with Gasteiger partial charge in [0, 0.05) is 36.5 Å². The fourth-order valence-corrected chi connectivity index (χ4v) is 3.12. The second kappa shape index (κ2) is 5.74. The fourth-order valence-electron chi connectivity index (χ4n) is 3.12. The maximum atomic E-state index is 12.4. The van der Waals surface area contributed by atoms with Crippen LogP contribution in [0.25, 0.3) is 11.0 Å². The molecular weight excluding hydrogens is 280 g/mol. The van der Waals surface area contributed by atoms with E-state index in [2.05, 4.69) is 10.6 Å². The number of aliphatic hydroxyl groups is 1. The summed E-state index contributed by atoms with van der Waals surface area (Å²) in [6.07, 6.45) is -0.401. The Morgan fingerprint density at radius 2 is 2.05 bits per heavy atom. The number of hydrogen-bond acceptors (Lipinski definition) is 4. The summed E-state index contributed by atoms with van der Waals surface area (Å²) in [6, 6.07) is 4.05. The third-order valence-electron chi connectivity index (χ3n) is 4.52. The van der Waals surface area contributed by atoms with Crippen LogP contribution >= 0.6 is 0 Å². The molecule has 1 aliphatic heterocycles. The van der Waals surface area contributed by atoms with E-state index in [0.29, 0.717) is 18.8 Å². The molecule has 0 saturated carbocycles. The molecule has 1 aliphatic rings. The molecule has 3 rings (SSSR count). The lowest BCUT2D eigenvalue weighted by Crippen LogP contribution is -2.34. The van der Waals surface area contributed by atoms with Crippen LogP contribution in [0.5, 0.6) is 0 Å². The van der Waals surface area contributed by atoms with E-state index in [9.17, 15) is 9.90 Å². The van der Waals surface area contributed by atoms with E-state index in [-0.39, 0.29) is 11.8 Å². The van der Waals surface area contributed by atoms with E-state index in [1.807, 2.05) is 32.9 Å². The van der Waals surface area contributed by atoms with Crippen molar-refractivity contribution in [2.24, 2.45) is 5.92 Å². The number of rotatable bonds is 3. The summed E-state index contributed by atoms with van der Waals surface area (Å²) in [4.78, 5) is 12.4. The van der Waals surface area contributed by atoms with Gasteiger partial charge in [-0.15, -0.1) is 0 Å². The highest BCUT2D eigenvalue weighted by molar-refractivity contribution is 6.00. The molecule has 3 N–H and O–H groups in total. The molecule has 0 radical (unpaired) electrons. The van der Waals surface area contributed by atoms with Gasteiger partial charge in [-0.25, -0.2) is 0 Å². The van der Waals surface area contributed by atoms with Crippen LogP contribution in [-0.2, 0) is 0 Å². The lowest BCUT2D eigenvalue weighted by Gasteiger charge is -2.13. The molecule has 0 bridgehead atoms. The number of furan rings is 1. The summed E-state index contributed by atoms with van der Waals surface area (Å²) in [7, 11) is 0. The number of β-amino-alcohol motifs (C(OH)–C–C–N with tert-alkyl or cyclic N) is 1. The van der Waals surface area contributed by atoms with Crippen LogP contribution in [0.4, 0.5) is 0 Å². The maximum absolute atomic E-state index is 12.4. The highest BCUT2D eigenvalue weighted by atomic mass is 16.3. The summed E-state index contributed by atoms with van der Waals surface area (Å²) in [5.74, 6) is 0.205. The Morgan fingerprint density at radius 3 is 2.68 bits per heavy atom. The number of hydrogen-bond donors (Lipinski definition) is 3. The first-order valence-electron chi connectivity index (χ1n) is 7.65. The van der Waals surface area contributed by atoms with E-state index in [1.54, 1.807) is 0 Å². The molecule has 1 fully saturated rings. The highest BCUT2D eigenvalue weighted by Gasteiger charge is 2.26. The van der Waals surface area contributed by atoms with Gasteiger partial charge in [-0.1, -0.05) is 12.1 Å². The van der Waals surface area contributed by atoms with Crippen molar-refractivity contribution in [3.8, 4) is 0 Å². The molecule has 2 heterocycles. The highest BCUT2D eigenvalue weighted by Crippen LogP contribution is 2.30. The minimum atomic E-state index is -0.401. The number of fused-ring (bicyclic) bond motifs is 1. The number of amides is 1. The molecule has 1 aromatic carbocycles. The minimum Gasteiger partial charge on any atom is -0.450 e. The van der Waals surface area contributed by atoms with Gasteiger partial charge in [0.2, 0.25) is 0 Å². The number of carbonyl (C=O) groups excluding carboxylic acids is 1. The van der Waals surface area contributed by atoms with Crippen LogP contribution in [0.1, 0.15) is 27.2 Å². The van der Waals surface area contributed by atoms with Gasteiger partial charge in [-0.3, -0.25) is 4.79 Å². The van der Waals surface area contributed by atoms with Crippen molar-refractivity contribution in [2.75, 3.05) is 19.6 Å². The largest absolute Gasteiger partial charge is 0.450 e. The van der Waals surface area contributed by atoms with Crippen LogP contribution in [-0.4, -0.2) is 36.8 Å². The molecule has 1 saturated heterocycles. The smallest absolute Gasteiger partial charge is 0.287 e. The van der Waals surface area contributed by atoms with Crippen molar-refractivity contribution in [3.63, 3.8) is 0 Å². The van der Waals surface area contributed by atoms with Crippen molar-refractivity contribution < 1.29 is 14.3 Å². The van der Waals surface area contributed by atoms with E-state index in [0.717, 1.165) is 34.2 Å². The standard InChI is InChI=1S/C17H22N2O3/c1-9-4-5-10(2)15-14(9)11(3)16(22-15)17(21)19-7-12-6-18-8-13(12)20/h4-5,12-13,18,20H,6-8H2,1-3H3,(H,19,21). The summed E-state index contributed by atoms with van der Waals surface area (Å²) in [6.45, 7) is 7.67. The Hall–Kier alpha value is -1.85. The van der Waals surface area contributed by atoms with E-state index in [4.69, 9.17) is 4.42 Å². The lowest BCUT2D eigenvalue weighted by molar-refractivity contribution is 0.0901. The number of aliphatic hydroxyl groups excluding tert-OH is 1. The topological polar surface area (TPSA) is 74.5 Å². The Bertz CT molecular complexity index is 720. The Morgan fingerprint density at radius 1 is 1.32 bits per heavy atom. The number of benzene rings is 1. The molecule has 118 valence electrons. The van der Waals surface area contributed by atoms with Gasteiger partial charge in [0.15, 0.2) is 5.76 Å². The Kier molecular flexibility index (Phi) is 3.93. The summed E-state index contributed by atoms with van der Waals surface area (Å²) in [5.41, 5.74) is 3.79. The third-order valence-corrected chi connectivity index (χ3v) is 4.52. The molecule has 0 aliphatic carbocycles. The molecule has 22 heavy (non-hydrogen) atoms. The molecule has 5 nitrogen and oxygen atoms in total. The van der Waals surface area contributed by atoms with Gasteiger partial charge >= 0.3 is 0 Å². The first kappa shape index (κ1) is 15.1. The molecule has 5 heteroatoms. The zero-order chi connectivity index (χ0) is 15.9. The van der Waals surface area contributed by atoms with Gasteiger partial charge in [0.25, 0.3) is 5.91 Å². The normalized spacial score (nSPS) is 21.5. The van der Waals surface area contributed by atoms with Crippen LogP contribution in [0, 0.1) is 26.7 Å². The van der Waals surface area contributed by atoms with Crippen LogP contribution in [0.15, 0.2) is 16.5 Å². The summed E-state index contributed by atoms with van der Waals surface area (Å²) in [5, 5.41) is 16.8. The van der Waals surface area contributed by atoms with Crippen molar-refractivity contribution in [3.05, 3.63) is 34.6 Å². The van der Waals surface area contributed by atoms with Crippen molar-refractivity contribution in [1.29, 1.82) is 0 Å². The average molecular weight is 302 g/mol. The first-order chi connectivity index (χ1) is 10.5. The van der Waals surface area contributed by atoms with Crippen LogP contribution in [0.2, 0.25) is 0 Å². The summed E-state index contributed by atoms with van der Waals surface area (Å²) >= 11 is 0. The Labute approximate surface area is 129 Å². The maximum Gasteiger partial charge on any atom is 0.287 e. The quantitative estimate of drug-likeness (QED) is 0.806. The van der Waals surface area contributed by atoms with Crippen molar-refractivity contribution in [1.82, 2.24) is 10.6 Å². The Balaban J connectivity index is 1.83. The zero-order valence-corrected chi connectivity index (χ0v) is 13.2. The number of carbonyl (C=O) groups is 1. The second-order valence-electron chi connectivity index (χ2n) is 6.16. The fraction of sp³-hybridized carbons (Fsp3) is 0.471. The first-order valence-corrected chi connectivity index (χ1v) is 7.65. The molecule has 2 atom stereocenters. The van der Waals surface area contributed by atoms with Gasteiger partial charge < -0.3 is 20.2 Å². The minimum absolute atomic E-state index is 0.0529. The average Bonchev–Trinajstić information content (AvgIpc) is 3.05. The third kappa shape index (κ3) is 2.51. The van der Waals surface area contributed by atoms with Crippen molar-refractivity contribution >= 4 is 16.9 Å². The molecule has 0 spiro atoms. The number of nitrogens with one attached hydrogen (secondary N) is 2. The molecule has 1 aromatic heterocycles. The predicted octanol–water partition coefficient (Wildman–Crippen LogP) is 1.67. The monoisotopic (exact) mass is 302 g/mol. The SMILES string of the molecule is Cc1ccc(C)c2c(C)c(C(=O)NCC3CNCC3O)oc12. The van der Waals surface area contributed by atoms with E-state index < -0.39 is 6.10 Å². The van der Waals surface area contributed by atoms with E-state index in [1.165, 1.54) is 0 Å². The summed E-state index contributed by atoms with van der Waals surface area (Å²) < 4.78 is 5.82. The van der Waals surface area contributed by atoms with Crippen LogP contribution in [0.3, 0.4) is 0 Å². The molecule has 1 amide bonds. The zero-order valence-electron chi connectivity index (χ0n) is 13.2. The predicted molar refractivity (Wildman–Crippen MR) is 85.1 cm³/mol. The lowest BCUT2D eigenvalue weighted by atomic mass is 10.0. The van der Waals surface area contributed by atoms with Gasteiger partial charge in [0.05, 0.1) is 6.10 Å². The molecule has 2 aromatic rings. The van der Waals surface area contributed by atoms with E-state index >= 15 is 0 Å². The van der Waals surface area contributed by atoms with Gasteiger partial charge in [0.1, 0.15) is 5.58 Å². The van der Waals surface area contributed by atoms with Crippen LogP contribution < -0.4 is 10.6 Å². The second-order valence-corrected chi connectivity index (χ2v) is 6.16. The van der Waals surface area contributed by atoms with Gasteiger partial charge in [-0.2, -0.15) is 0 Å².